The summed E-state index contributed by atoms with van der Waals surface area (Å²) in [6, 6.07) is 14.4. The number of benzene rings is 2. The molecule has 1 amide bonds. The number of nitrogens with zero attached hydrogens (tertiary/aromatic N) is 3. The van der Waals surface area contributed by atoms with Crippen LogP contribution in [0.15, 0.2) is 42.5 Å². The first-order valence-electron chi connectivity index (χ1n) is 11.3. The maximum atomic E-state index is 13.2. The largest absolute Gasteiger partial charge is 0.371 e. The van der Waals surface area contributed by atoms with Crippen molar-refractivity contribution >= 4 is 23.0 Å². The summed E-state index contributed by atoms with van der Waals surface area (Å²) < 4.78 is 0. The van der Waals surface area contributed by atoms with Crippen molar-refractivity contribution in [2.24, 2.45) is 5.92 Å². The molecule has 1 aliphatic heterocycles. The van der Waals surface area contributed by atoms with Crippen LogP contribution in [0.1, 0.15) is 61.4 Å². The Kier molecular flexibility index (Phi) is 6.13. The van der Waals surface area contributed by atoms with Gasteiger partial charge in [-0.3, -0.25) is 14.9 Å². The van der Waals surface area contributed by atoms with Gasteiger partial charge in [-0.2, -0.15) is 5.26 Å². The maximum absolute atomic E-state index is 13.2. The minimum Gasteiger partial charge on any atom is -0.371 e. The fraction of sp³-hybridized carbons (Fsp3) is 0.440. The highest BCUT2D eigenvalue weighted by atomic mass is 16.6. The molecule has 166 valence electrons. The highest BCUT2D eigenvalue weighted by Crippen LogP contribution is 2.40. The van der Waals surface area contributed by atoms with Crippen LogP contribution >= 0.6 is 0 Å². The predicted molar refractivity (Wildman–Crippen MR) is 124 cm³/mol. The number of non-ortho nitro benzene ring substituents is 1. The number of anilines is 2. The Morgan fingerprint density at radius 3 is 2.41 bits per heavy atom. The molecule has 2 aliphatic rings. The minimum absolute atomic E-state index is 0.100. The fourth-order valence-corrected chi connectivity index (χ4v) is 4.86. The van der Waals surface area contributed by atoms with E-state index in [0.29, 0.717) is 17.2 Å². The van der Waals surface area contributed by atoms with Gasteiger partial charge in [-0.15, -0.1) is 0 Å². The second-order valence-corrected chi connectivity index (χ2v) is 9.06. The third-order valence-corrected chi connectivity index (χ3v) is 6.93. The lowest BCUT2D eigenvalue weighted by Gasteiger charge is -2.33. The standard InChI is InChI=1S/C25H28N4O3/c1-18-10-14-28(15-11-18)23-9-8-21(29(31)32)16-22(23)24(30)27-20-6-4-19(5-7-20)25(17-26)12-2-3-13-25/h4-9,16,18H,2-3,10-15H2,1H3,(H,27,30). The van der Waals surface area contributed by atoms with Crippen LogP contribution in [0.5, 0.6) is 0 Å². The molecule has 2 aromatic rings. The lowest BCUT2D eigenvalue weighted by molar-refractivity contribution is -0.384. The number of rotatable bonds is 5. The third-order valence-electron chi connectivity index (χ3n) is 6.93. The van der Waals surface area contributed by atoms with Crippen molar-refractivity contribution in [1.29, 1.82) is 5.26 Å². The van der Waals surface area contributed by atoms with Crippen LogP contribution < -0.4 is 10.2 Å². The molecule has 7 nitrogen and oxygen atoms in total. The second-order valence-electron chi connectivity index (χ2n) is 9.06. The van der Waals surface area contributed by atoms with Gasteiger partial charge >= 0.3 is 0 Å². The SMILES string of the molecule is CC1CCN(c2ccc([N+](=O)[O-])cc2C(=O)Nc2ccc(C3(C#N)CCCC3)cc2)CC1. The van der Waals surface area contributed by atoms with Gasteiger partial charge in [0, 0.05) is 30.9 Å². The molecule has 2 fully saturated rings. The van der Waals surface area contributed by atoms with E-state index in [1.807, 2.05) is 24.3 Å². The summed E-state index contributed by atoms with van der Waals surface area (Å²) in [5.41, 5.74) is 2.09. The van der Waals surface area contributed by atoms with Gasteiger partial charge in [-0.25, -0.2) is 0 Å². The normalized spacial score (nSPS) is 18.2. The average Bonchev–Trinajstić information content (AvgIpc) is 3.30. The van der Waals surface area contributed by atoms with Crippen molar-refractivity contribution in [2.75, 3.05) is 23.3 Å². The molecule has 4 rings (SSSR count). The summed E-state index contributed by atoms with van der Waals surface area (Å²) in [5.74, 6) is 0.266. The summed E-state index contributed by atoms with van der Waals surface area (Å²) in [4.78, 5) is 26.1. The summed E-state index contributed by atoms with van der Waals surface area (Å²) in [5, 5.41) is 23.9. The molecule has 1 heterocycles. The number of nitro benzene ring substituents is 1. The zero-order valence-electron chi connectivity index (χ0n) is 18.3. The number of nitriles is 1. The smallest absolute Gasteiger partial charge is 0.270 e. The minimum atomic E-state index is -0.476. The van der Waals surface area contributed by atoms with Gasteiger partial charge in [-0.1, -0.05) is 31.9 Å². The van der Waals surface area contributed by atoms with Crippen LogP contribution in [-0.4, -0.2) is 23.9 Å². The van der Waals surface area contributed by atoms with Crippen molar-refractivity contribution in [3.05, 3.63) is 63.7 Å². The van der Waals surface area contributed by atoms with Gasteiger partial charge < -0.3 is 10.2 Å². The Morgan fingerprint density at radius 2 is 1.81 bits per heavy atom. The first kappa shape index (κ1) is 21.8. The van der Waals surface area contributed by atoms with Crippen molar-refractivity contribution in [1.82, 2.24) is 0 Å². The van der Waals surface area contributed by atoms with Crippen molar-refractivity contribution < 1.29 is 9.72 Å². The Balaban J connectivity index is 1.57. The molecule has 1 saturated heterocycles. The van der Waals surface area contributed by atoms with Gasteiger partial charge in [0.1, 0.15) is 0 Å². The Hall–Kier alpha value is -3.40. The number of carbonyl (C=O) groups excluding carboxylic acids is 1. The number of hydrogen-bond donors (Lipinski definition) is 1. The van der Waals surface area contributed by atoms with Gasteiger partial charge in [-0.05, 0) is 55.4 Å². The molecule has 1 N–H and O–H groups in total. The zero-order valence-corrected chi connectivity index (χ0v) is 18.3. The predicted octanol–water partition coefficient (Wildman–Crippen LogP) is 5.42. The maximum Gasteiger partial charge on any atom is 0.270 e. The van der Waals surface area contributed by atoms with E-state index in [4.69, 9.17) is 0 Å². The molecule has 0 spiro atoms. The molecule has 0 atom stereocenters. The average molecular weight is 433 g/mol. The second kappa shape index (κ2) is 8.99. The quantitative estimate of drug-likeness (QED) is 0.502. The molecule has 1 aliphatic carbocycles. The molecule has 1 saturated carbocycles. The Labute approximate surface area is 188 Å². The molecular formula is C25H28N4O3. The third kappa shape index (κ3) is 4.31. The lowest BCUT2D eigenvalue weighted by Crippen LogP contribution is -2.34. The first-order chi connectivity index (χ1) is 15.4. The number of nitrogens with one attached hydrogen (secondary N) is 1. The summed E-state index contributed by atoms with van der Waals surface area (Å²) in [7, 11) is 0. The van der Waals surface area contributed by atoms with Crippen molar-refractivity contribution in [3.63, 3.8) is 0 Å². The van der Waals surface area contributed by atoms with Crippen LogP contribution in [0.3, 0.4) is 0 Å². The van der Waals surface area contributed by atoms with Gasteiger partial charge in [0.15, 0.2) is 0 Å². The van der Waals surface area contributed by atoms with Crippen LogP contribution in [0, 0.1) is 27.4 Å². The van der Waals surface area contributed by atoms with E-state index in [-0.39, 0.29) is 11.6 Å². The van der Waals surface area contributed by atoms with Gasteiger partial charge in [0.05, 0.1) is 27.7 Å². The van der Waals surface area contributed by atoms with E-state index in [2.05, 4.69) is 23.2 Å². The summed E-state index contributed by atoms with van der Waals surface area (Å²) in [6.07, 6.45) is 5.88. The molecular weight excluding hydrogens is 404 g/mol. The number of hydrogen-bond acceptors (Lipinski definition) is 5. The molecule has 2 aromatic carbocycles. The molecule has 0 bridgehead atoms. The monoisotopic (exact) mass is 432 g/mol. The molecule has 0 radical (unpaired) electrons. The van der Waals surface area contributed by atoms with Crippen molar-refractivity contribution in [3.8, 4) is 6.07 Å². The number of piperidine rings is 1. The summed E-state index contributed by atoms with van der Waals surface area (Å²) in [6.45, 7) is 3.86. The van der Waals surface area contributed by atoms with E-state index < -0.39 is 10.3 Å². The summed E-state index contributed by atoms with van der Waals surface area (Å²) >= 11 is 0. The highest BCUT2D eigenvalue weighted by Gasteiger charge is 2.35. The molecule has 7 heteroatoms. The molecule has 32 heavy (non-hydrogen) atoms. The van der Waals surface area contributed by atoms with E-state index in [9.17, 15) is 20.2 Å². The number of amides is 1. The molecule has 0 aromatic heterocycles. The van der Waals surface area contributed by atoms with Crippen LogP contribution in [0.4, 0.5) is 17.1 Å². The van der Waals surface area contributed by atoms with E-state index in [0.717, 1.165) is 62.9 Å². The van der Waals surface area contributed by atoms with Gasteiger partial charge in [0.25, 0.3) is 11.6 Å². The molecule has 0 unspecified atom stereocenters. The fourth-order valence-electron chi connectivity index (χ4n) is 4.86. The first-order valence-corrected chi connectivity index (χ1v) is 11.3. The Bertz CT molecular complexity index is 1040. The Morgan fingerprint density at radius 1 is 1.16 bits per heavy atom. The van der Waals surface area contributed by atoms with Crippen LogP contribution in [-0.2, 0) is 5.41 Å². The van der Waals surface area contributed by atoms with E-state index in [1.165, 1.54) is 12.1 Å². The highest BCUT2D eigenvalue weighted by molar-refractivity contribution is 6.08. The van der Waals surface area contributed by atoms with Crippen molar-refractivity contribution in [2.45, 2.75) is 50.9 Å². The zero-order chi connectivity index (χ0) is 22.7. The number of nitro groups is 1. The topological polar surface area (TPSA) is 99.3 Å². The lowest BCUT2D eigenvalue weighted by atomic mass is 9.80. The van der Waals surface area contributed by atoms with E-state index in [1.54, 1.807) is 6.07 Å². The van der Waals surface area contributed by atoms with Crippen LogP contribution in [0.25, 0.3) is 0 Å². The number of carbonyl (C=O) groups is 1. The van der Waals surface area contributed by atoms with E-state index >= 15 is 0 Å². The van der Waals surface area contributed by atoms with Gasteiger partial charge in [0.2, 0.25) is 0 Å². The van der Waals surface area contributed by atoms with Crippen LogP contribution in [0.2, 0.25) is 0 Å².